The van der Waals surface area contributed by atoms with E-state index in [0.717, 1.165) is 11.0 Å². The number of benzene rings is 1. The zero-order valence-corrected chi connectivity index (χ0v) is 7.87. The van der Waals surface area contributed by atoms with Gasteiger partial charge in [-0.1, -0.05) is 12.1 Å². The molecule has 1 heterocycles. The van der Waals surface area contributed by atoms with Gasteiger partial charge < -0.3 is 10.3 Å². The summed E-state index contributed by atoms with van der Waals surface area (Å²) >= 11 is 0. The summed E-state index contributed by atoms with van der Waals surface area (Å²) < 4.78 is 0. The fourth-order valence-electron chi connectivity index (χ4n) is 1.32. The van der Waals surface area contributed by atoms with E-state index in [0.29, 0.717) is 12.4 Å². The zero-order valence-electron chi connectivity index (χ0n) is 7.87. The maximum atomic E-state index is 11.4. The standard InChI is InChI=1S/C10H11N3O/c1-2-11-9-10(14)13-8-6-4-3-5-7(8)12-9/h3-6H,2H2,1H3,(H,11,12)(H,13,14). The van der Waals surface area contributed by atoms with Gasteiger partial charge in [0.15, 0.2) is 5.82 Å². The lowest BCUT2D eigenvalue weighted by Gasteiger charge is -2.02. The minimum Gasteiger partial charge on any atom is -0.366 e. The first-order valence-electron chi connectivity index (χ1n) is 4.54. The molecule has 0 bridgehead atoms. The smallest absolute Gasteiger partial charge is 0.291 e. The van der Waals surface area contributed by atoms with Crippen molar-refractivity contribution in [3.63, 3.8) is 0 Å². The summed E-state index contributed by atoms with van der Waals surface area (Å²) in [6.45, 7) is 2.62. The summed E-state index contributed by atoms with van der Waals surface area (Å²) in [5.41, 5.74) is 1.38. The lowest BCUT2D eigenvalue weighted by atomic mass is 10.3. The average molecular weight is 189 g/mol. The summed E-state index contributed by atoms with van der Waals surface area (Å²) in [6, 6.07) is 7.46. The molecule has 0 aliphatic heterocycles. The molecule has 0 atom stereocenters. The average Bonchev–Trinajstić information content (AvgIpc) is 2.19. The fourth-order valence-corrected chi connectivity index (χ4v) is 1.32. The molecule has 1 aromatic heterocycles. The molecular weight excluding hydrogens is 178 g/mol. The molecule has 2 N–H and O–H groups in total. The highest BCUT2D eigenvalue weighted by molar-refractivity contribution is 5.75. The lowest BCUT2D eigenvalue weighted by molar-refractivity contribution is 1.12. The summed E-state index contributed by atoms with van der Waals surface area (Å²) in [4.78, 5) is 18.4. The highest BCUT2D eigenvalue weighted by Crippen LogP contribution is 2.07. The van der Waals surface area contributed by atoms with Gasteiger partial charge in [-0.3, -0.25) is 4.79 Å². The van der Waals surface area contributed by atoms with Crippen LogP contribution in [0.15, 0.2) is 29.1 Å². The monoisotopic (exact) mass is 189 g/mol. The second-order valence-electron chi connectivity index (χ2n) is 2.96. The second-order valence-corrected chi connectivity index (χ2v) is 2.96. The van der Waals surface area contributed by atoms with E-state index in [4.69, 9.17) is 0 Å². The van der Waals surface area contributed by atoms with Crippen LogP contribution < -0.4 is 10.9 Å². The van der Waals surface area contributed by atoms with Crippen LogP contribution >= 0.6 is 0 Å². The molecule has 2 aromatic rings. The Kier molecular flexibility index (Phi) is 2.18. The summed E-state index contributed by atoms with van der Waals surface area (Å²) in [5.74, 6) is 0.381. The SMILES string of the molecule is CCNc1nc2ccccc2[nH]c1=O. The van der Waals surface area contributed by atoms with Crippen molar-refractivity contribution in [1.82, 2.24) is 9.97 Å². The molecule has 14 heavy (non-hydrogen) atoms. The third-order valence-corrected chi connectivity index (χ3v) is 1.94. The number of anilines is 1. The van der Waals surface area contributed by atoms with Crippen LogP contribution in [0.2, 0.25) is 0 Å². The molecule has 4 heteroatoms. The first-order chi connectivity index (χ1) is 6.81. The van der Waals surface area contributed by atoms with Crippen LogP contribution in [0.3, 0.4) is 0 Å². The number of aromatic amines is 1. The van der Waals surface area contributed by atoms with Crippen molar-refractivity contribution in [3.05, 3.63) is 34.6 Å². The van der Waals surface area contributed by atoms with Crippen LogP contribution in [0.25, 0.3) is 11.0 Å². The van der Waals surface area contributed by atoms with Gasteiger partial charge >= 0.3 is 0 Å². The van der Waals surface area contributed by atoms with Crippen molar-refractivity contribution in [2.24, 2.45) is 0 Å². The Hall–Kier alpha value is -1.84. The molecule has 0 saturated heterocycles. The number of H-pyrrole nitrogens is 1. The number of hydrogen-bond acceptors (Lipinski definition) is 3. The van der Waals surface area contributed by atoms with Gasteiger partial charge in [-0.25, -0.2) is 4.98 Å². The molecule has 0 aliphatic carbocycles. The Bertz CT molecular complexity index is 504. The van der Waals surface area contributed by atoms with Crippen molar-refractivity contribution < 1.29 is 0 Å². The Balaban J connectivity index is 2.65. The van der Waals surface area contributed by atoms with Gasteiger partial charge in [0.05, 0.1) is 11.0 Å². The number of nitrogens with one attached hydrogen (secondary N) is 2. The Labute approximate surface area is 81.0 Å². The third kappa shape index (κ3) is 1.46. The number of para-hydroxylation sites is 2. The van der Waals surface area contributed by atoms with Gasteiger partial charge in [-0.2, -0.15) is 0 Å². The van der Waals surface area contributed by atoms with E-state index in [2.05, 4.69) is 15.3 Å². The highest BCUT2D eigenvalue weighted by atomic mass is 16.1. The minimum absolute atomic E-state index is 0.175. The first-order valence-corrected chi connectivity index (χ1v) is 4.54. The third-order valence-electron chi connectivity index (χ3n) is 1.94. The van der Waals surface area contributed by atoms with Crippen LogP contribution in [0.5, 0.6) is 0 Å². The summed E-state index contributed by atoms with van der Waals surface area (Å²) in [6.07, 6.45) is 0. The number of nitrogens with zero attached hydrogens (tertiary/aromatic N) is 1. The van der Waals surface area contributed by atoms with Crippen LogP contribution in [0.4, 0.5) is 5.82 Å². The molecule has 0 aliphatic rings. The van der Waals surface area contributed by atoms with Gasteiger partial charge in [0.2, 0.25) is 0 Å². The van der Waals surface area contributed by atoms with Crippen molar-refractivity contribution in [1.29, 1.82) is 0 Å². The zero-order chi connectivity index (χ0) is 9.97. The van der Waals surface area contributed by atoms with E-state index >= 15 is 0 Å². The Morgan fingerprint density at radius 3 is 3.00 bits per heavy atom. The van der Waals surface area contributed by atoms with Crippen LogP contribution in [0.1, 0.15) is 6.92 Å². The van der Waals surface area contributed by atoms with E-state index in [-0.39, 0.29) is 5.56 Å². The van der Waals surface area contributed by atoms with Crippen molar-refractivity contribution >= 4 is 16.9 Å². The first kappa shape index (κ1) is 8.74. The molecule has 0 spiro atoms. The molecule has 0 unspecified atom stereocenters. The van der Waals surface area contributed by atoms with Gasteiger partial charge in [-0.15, -0.1) is 0 Å². The number of rotatable bonds is 2. The van der Waals surface area contributed by atoms with Crippen LogP contribution in [-0.2, 0) is 0 Å². The molecule has 2 rings (SSSR count). The van der Waals surface area contributed by atoms with Gasteiger partial charge in [0.1, 0.15) is 0 Å². The molecule has 1 aromatic carbocycles. The van der Waals surface area contributed by atoms with E-state index in [1.165, 1.54) is 0 Å². The molecular formula is C10H11N3O. The Morgan fingerprint density at radius 2 is 2.21 bits per heavy atom. The van der Waals surface area contributed by atoms with Crippen LogP contribution in [-0.4, -0.2) is 16.5 Å². The van der Waals surface area contributed by atoms with Crippen LogP contribution in [0, 0.1) is 0 Å². The minimum atomic E-state index is -0.175. The summed E-state index contributed by atoms with van der Waals surface area (Å²) in [5, 5.41) is 2.91. The summed E-state index contributed by atoms with van der Waals surface area (Å²) in [7, 11) is 0. The molecule has 4 nitrogen and oxygen atoms in total. The second kappa shape index (κ2) is 3.49. The Morgan fingerprint density at radius 1 is 1.43 bits per heavy atom. The van der Waals surface area contributed by atoms with E-state index in [1.807, 2.05) is 31.2 Å². The van der Waals surface area contributed by atoms with Gasteiger partial charge in [0.25, 0.3) is 5.56 Å². The van der Waals surface area contributed by atoms with Gasteiger partial charge in [-0.05, 0) is 19.1 Å². The predicted molar refractivity (Wildman–Crippen MR) is 56.5 cm³/mol. The maximum Gasteiger partial charge on any atom is 0.291 e. The van der Waals surface area contributed by atoms with Crippen molar-refractivity contribution in [3.8, 4) is 0 Å². The van der Waals surface area contributed by atoms with E-state index < -0.39 is 0 Å². The normalized spacial score (nSPS) is 10.4. The molecule has 0 amide bonds. The number of hydrogen-bond donors (Lipinski definition) is 2. The predicted octanol–water partition coefficient (Wildman–Crippen LogP) is 1.35. The molecule has 0 saturated carbocycles. The quantitative estimate of drug-likeness (QED) is 0.749. The molecule has 0 fully saturated rings. The van der Waals surface area contributed by atoms with Crippen molar-refractivity contribution in [2.75, 3.05) is 11.9 Å². The van der Waals surface area contributed by atoms with E-state index in [1.54, 1.807) is 0 Å². The number of fused-ring (bicyclic) bond motifs is 1. The van der Waals surface area contributed by atoms with Gasteiger partial charge in [0, 0.05) is 6.54 Å². The molecule has 72 valence electrons. The van der Waals surface area contributed by atoms with Crippen molar-refractivity contribution in [2.45, 2.75) is 6.92 Å². The largest absolute Gasteiger partial charge is 0.366 e. The molecule has 0 radical (unpaired) electrons. The highest BCUT2D eigenvalue weighted by Gasteiger charge is 2.01. The fraction of sp³-hybridized carbons (Fsp3) is 0.200. The van der Waals surface area contributed by atoms with E-state index in [9.17, 15) is 4.79 Å². The topological polar surface area (TPSA) is 57.8 Å². The lowest BCUT2D eigenvalue weighted by Crippen LogP contribution is -2.15. The maximum absolute atomic E-state index is 11.4. The number of aromatic nitrogens is 2.